The Morgan fingerprint density at radius 2 is 1.96 bits per heavy atom. The molecule has 9 heteroatoms. The van der Waals surface area contributed by atoms with Crippen LogP contribution in [0, 0.1) is 0 Å². The summed E-state index contributed by atoms with van der Waals surface area (Å²) in [6.07, 6.45) is 5.85. The van der Waals surface area contributed by atoms with Gasteiger partial charge in [-0.15, -0.1) is 0 Å². The molecule has 1 aromatic rings. The second kappa shape index (κ2) is 11.1. The fraction of sp³-hybridized carbons (Fsp3) is 0.684. The number of likely N-dealkylation sites (N-methyl/N-ethyl adjacent to an activating group) is 1. The molecule has 1 N–H and O–H groups in total. The molecule has 0 spiro atoms. The fourth-order valence-electron chi connectivity index (χ4n) is 3.01. The van der Waals surface area contributed by atoms with Crippen molar-refractivity contribution < 1.29 is 13.2 Å². The van der Waals surface area contributed by atoms with Gasteiger partial charge < -0.3 is 10.2 Å². The SMILES string of the molecule is CCCCCC(C)NC(=O)CSc1ccc(S(=O)(=O)N2CCN(C)CC2)cn1. The first-order valence-corrected chi connectivity index (χ1v) is 12.3. The summed E-state index contributed by atoms with van der Waals surface area (Å²) in [5.41, 5.74) is 0. The molecule has 0 aromatic carbocycles. The van der Waals surface area contributed by atoms with Crippen molar-refractivity contribution in [1.82, 2.24) is 19.5 Å². The van der Waals surface area contributed by atoms with E-state index < -0.39 is 10.0 Å². The third-order valence-corrected chi connectivity index (χ3v) is 7.63. The van der Waals surface area contributed by atoms with Gasteiger partial charge in [0.1, 0.15) is 4.90 Å². The Labute approximate surface area is 173 Å². The second-order valence-corrected chi connectivity index (χ2v) is 10.2. The van der Waals surface area contributed by atoms with Crippen molar-refractivity contribution in [2.75, 3.05) is 39.0 Å². The summed E-state index contributed by atoms with van der Waals surface area (Å²) in [5.74, 6) is 0.250. The molecule has 0 bridgehead atoms. The third kappa shape index (κ3) is 7.02. The quantitative estimate of drug-likeness (QED) is 0.454. The minimum absolute atomic E-state index is 0.0232. The maximum absolute atomic E-state index is 12.7. The van der Waals surface area contributed by atoms with Crippen LogP contribution in [0.15, 0.2) is 28.3 Å². The van der Waals surface area contributed by atoms with Crippen LogP contribution in [0.25, 0.3) is 0 Å². The number of rotatable bonds is 10. The number of hydrogen-bond donors (Lipinski definition) is 1. The highest BCUT2D eigenvalue weighted by Gasteiger charge is 2.27. The first-order valence-electron chi connectivity index (χ1n) is 9.90. The molecule has 1 saturated heterocycles. The van der Waals surface area contributed by atoms with Gasteiger partial charge in [-0.3, -0.25) is 4.79 Å². The molecule has 1 aromatic heterocycles. The Hall–Kier alpha value is -1.16. The van der Waals surface area contributed by atoms with Gasteiger partial charge in [0.25, 0.3) is 0 Å². The van der Waals surface area contributed by atoms with Crippen molar-refractivity contribution in [2.45, 2.75) is 55.5 Å². The van der Waals surface area contributed by atoms with Gasteiger partial charge >= 0.3 is 0 Å². The molecule has 1 aliphatic heterocycles. The van der Waals surface area contributed by atoms with E-state index >= 15 is 0 Å². The first kappa shape index (κ1) is 23.1. The number of piperazine rings is 1. The van der Waals surface area contributed by atoms with E-state index in [-0.39, 0.29) is 22.6 Å². The molecule has 158 valence electrons. The zero-order valence-electron chi connectivity index (χ0n) is 17.1. The van der Waals surface area contributed by atoms with Crippen molar-refractivity contribution >= 4 is 27.7 Å². The minimum Gasteiger partial charge on any atom is -0.353 e. The number of nitrogens with zero attached hydrogens (tertiary/aromatic N) is 3. The lowest BCUT2D eigenvalue weighted by molar-refractivity contribution is -0.119. The molecule has 0 saturated carbocycles. The first-order chi connectivity index (χ1) is 13.3. The maximum Gasteiger partial charge on any atom is 0.244 e. The van der Waals surface area contributed by atoms with Crippen LogP contribution in [0.3, 0.4) is 0 Å². The van der Waals surface area contributed by atoms with Crippen LogP contribution in [0.1, 0.15) is 39.5 Å². The topological polar surface area (TPSA) is 82.6 Å². The second-order valence-electron chi connectivity index (χ2n) is 7.29. The monoisotopic (exact) mass is 428 g/mol. The molecule has 7 nitrogen and oxygen atoms in total. The predicted molar refractivity (Wildman–Crippen MR) is 113 cm³/mol. The van der Waals surface area contributed by atoms with Crippen LogP contribution in [0.5, 0.6) is 0 Å². The molecular weight excluding hydrogens is 396 g/mol. The molecular formula is C19H32N4O3S2. The zero-order chi connectivity index (χ0) is 20.6. The molecule has 0 radical (unpaired) electrons. The number of sulfonamides is 1. The van der Waals surface area contributed by atoms with Gasteiger partial charge in [0.2, 0.25) is 15.9 Å². The van der Waals surface area contributed by atoms with Gasteiger partial charge in [-0.25, -0.2) is 13.4 Å². The average molecular weight is 429 g/mol. The number of hydrogen-bond acceptors (Lipinski definition) is 6. The number of carbonyl (C=O) groups excluding carboxylic acids is 1. The molecule has 2 rings (SSSR count). The van der Waals surface area contributed by atoms with E-state index in [1.54, 1.807) is 12.1 Å². The minimum atomic E-state index is -3.50. The van der Waals surface area contributed by atoms with Crippen LogP contribution in [-0.2, 0) is 14.8 Å². The Kier molecular flexibility index (Phi) is 9.20. The molecule has 1 fully saturated rings. The smallest absolute Gasteiger partial charge is 0.244 e. The summed E-state index contributed by atoms with van der Waals surface area (Å²) in [5, 5.41) is 3.64. The predicted octanol–water partition coefficient (Wildman–Crippen LogP) is 2.19. The van der Waals surface area contributed by atoms with Crippen molar-refractivity contribution in [1.29, 1.82) is 0 Å². The van der Waals surface area contributed by atoms with E-state index in [9.17, 15) is 13.2 Å². The molecule has 1 aliphatic rings. The number of amides is 1. The van der Waals surface area contributed by atoms with E-state index in [4.69, 9.17) is 0 Å². The summed E-state index contributed by atoms with van der Waals surface area (Å²) in [7, 11) is -1.52. The van der Waals surface area contributed by atoms with Gasteiger partial charge in [-0.1, -0.05) is 37.9 Å². The Morgan fingerprint density at radius 3 is 2.57 bits per heavy atom. The number of pyridine rings is 1. The summed E-state index contributed by atoms with van der Waals surface area (Å²) < 4.78 is 26.9. The molecule has 28 heavy (non-hydrogen) atoms. The number of aromatic nitrogens is 1. The zero-order valence-corrected chi connectivity index (χ0v) is 18.7. The van der Waals surface area contributed by atoms with E-state index in [2.05, 4.69) is 22.1 Å². The lowest BCUT2D eigenvalue weighted by atomic mass is 10.1. The summed E-state index contributed by atoms with van der Waals surface area (Å²) in [6, 6.07) is 3.42. The molecule has 2 heterocycles. The summed E-state index contributed by atoms with van der Waals surface area (Å²) in [4.78, 5) is 18.6. The Bertz CT molecular complexity index is 717. The molecule has 1 atom stereocenters. The third-order valence-electron chi connectivity index (χ3n) is 4.81. The number of thioether (sulfide) groups is 1. The molecule has 0 aliphatic carbocycles. The lowest BCUT2D eigenvalue weighted by Gasteiger charge is -2.31. The highest BCUT2D eigenvalue weighted by molar-refractivity contribution is 7.99. The van der Waals surface area contributed by atoms with Gasteiger partial charge in [0.05, 0.1) is 10.8 Å². The lowest BCUT2D eigenvalue weighted by Crippen LogP contribution is -2.47. The van der Waals surface area contributed by atoms with Crippen molar-refractivity contribution in [2.24, 2.45) is 0 Å². The largest absolute Gasteiger partial charge is 0.353 e. The van der Waals surface area contributed by atoms with E-state index in [1.165, 1.54) is 35.1 Å². The summed E-state index contributed by atoms with van der Waals surface area (Å²) in [6.45, 7) is 6.63. The fourth-order valence-corrected chi connectivity index (χ4v) is 5.03. The number of carbonyl (C=O) groups is 1. The Balaban J connectivity index is 1.83. The molecule has 1 amide bonds. The van der Waals surface area contributed by atoms with Gasteiger partial charge in [0, 0.05) is 38.4 Å². The number of nitrogens with one attached hydrogen (secondary N) is 1. The van der Waals surface area contributed by atoms with Crippen LogP contribution in [0.2, 0.25) is 0 Å². The van der Waals surface area contributed by atoms with Crippen molar-refractivity contribution in [3.05, 3.63) is 18.3 Å². The Morgan fingerprint density at radius 1 is 1.25 bits per heavy atom. The van der Waals surface area contributed by atoms with Gasteiger partial charge in [-0.05, 0) is 32.5 Å². The van der Waals surface area contributed by atoms with Crippen molar-refractivity contribution in [3.63, 3.8) is 0 Å². The van der Waals surface area contributed by atoms with Crippen LogP contribution in [-0.4, -0.2) is 73.5 Å². The maximum atomic E-state index is 12.7. The van der Waals surface area contributed by atoms with Gasteiger partial charge in [-0.2, -0.15) is 4.31 Å². The van der Waals surface area contributed by atoms with E-state index in [0.717, 1.165) is 25.9 Å². The average Bonchev–Trinajstić information content (AvgIpc) is 2.67. The normalized spacial score (nSPS) is 17.4. The highest BCUT2D eigenvalue weighted by Crippen LogP contribution is 2.20. The standard InChI is InChI=1S/C19H32N4O3S2/c1-4-5-6-7-16(2)21-18(24)15-27-19-9-8-17(14-20-19)28(25,26)23-12-10-22(3)11-13-23/h8-9,14,16H,4-7,10-13,15H2,1-3H3,(H,21,24). The summed E-state index contributed by atoms with van der Waals surface area (Å²) >= 11 is 1.32. The van der Waals surface area contributed by atoms with Crippen molar-refractivity contribution in [3.8, 4) is 0 Å². The van der Waals surface area contributed by atoms with Crippen LogP contribution < -0.4 is 5.32 Å². The highest BCUT2D eigenvalue weighted by atomic mass is 32.2. The van der Waals surface area contributed by atoms with Gasteiger partial charge in [0.15, 0.2) is 0 Å². The van der Waals surface area contributed by atoms with E-state index in [1.807, 2.05) is 14.0 Å². The van der Waals surface area contributed by atoms with E-state index in [0.29, 0.717) is 18.1 Å². The molecule has 1 unspecified atom stereocenters. The number of unbranched alkanes of at least 4 members (excludes halogenated alkanes) is 2. The van der Waals surface area contributed by atoms with Crippen LogP contribution >= 0.6 is 11.8 Å². The van der Waals surface area contributed by atoms with Crippen LogP contribution in [0.4, 0.5) is 0 Å².